The largest absolute Gasteiger partial charge is 0.394 e. The number of aromatic amines is 1. The number of nitrogens with one attached hydrogen (secondary N) is 2. The zero-order chi connectivity index (χ0) is 17.2. The second-order valence-electron chi connectivity index (χ2n) is 6.68. The molecule has 0 aliphatic rings. The highest BCUT2D eigenvalue weighted by Gasteiger charge is 2.23. The van der Waals surface area contributed by atoms with Crippen LogP contribution in [0.5, 0.6) is 0 Å². The summed E-state index contributed by atoms with van der Waals surface area (Å²) in [5.74, 6) is -0.472. The molecule has 0 radical (unpaired) electrons. The lowest BCUT2D eigenvalue weighted by atomic mass is 9.88. The van der Waals surface area contributed by atoms with Gasteiger partial charge in [-0.3, -0.25) is 20.0 Å². The first kappa shape index (κ1) is 16.9. The Bertz CT molecular complexity index is 733. The SMILES string of the molecule is CC(C)(C)CC(CO)NC(=O)c1n[nH]c2ccc([N+](=O)[O-])cc12. The zero-order valence-electron chi connectivity index (χ0n) is 13.3. The number of H-pyrrole nitrogens is 1. The van der Waals surface area contributed by atoms with Gasteiger partial charge in [-0.25, -0.2) is 0 Å². The molecule has 0 saturated heterocycles. The monoisotopic (exact) mass is 320 g/mol. The van der Waals surface area contributed by atoms with Gasteiger partial charge in [-0.2, -0.15) is 5.10 Å². The number of non-ortho nitro benzene ring substituents is 1. The van der Waals surface area contributed by atoms with Crippen molar-refractivity contribution in [2.45, 2.75) is 33.2 Å². The summed E-state index contributed by atoms with van der Waals surface area (Å²) in [4.78, 5) is 22.7. The predicted molar refractivity (Wildman–Crippen MR) is 85.2 cm³/mol. The molecule has 0 aliphatic carbocycles. The summed E-state index contributed by atoms with van der Waals surface area (Å²) < 4.78 is 0. The quantitative estimate of drug-likeness (QED) is 0.574. The lowest BCUT2D eigenvalue weighted by Gasteiger charge is -2.25. The fourth-order valence-electron chi connectivity index (χ4n) is 2.44. The molecule has 3 N–H and O–H groups in total. The van der Waals surface area contributed by atoms with Crippen molar-refractivity contribution in [3.8, 4) is 0 Å². The molecule has 8 nitrogen and oxygen atoms in total. The summed E-state index contributed by atoms with van der Waals surface area (Å²) in [6.45, 7) is 5.84. The molecule has 1 heterocycles. The topological polar surface area (TPSA) is 121 Å². The number of hydrogen-bond acceptors (Lipinski definition) is 5. The molecule has 0 spiro atoms. The maximum atomic E-state index is 12.4. The minimum absolute atomic E-state index is 0.0624. The summed E-state index contributed by atoms with van der Waals surface area (Å²) in [7, 11) is 0. The van der Waals surface area contributed by atoms with Crippen LogP contribution in [0, 0.1) is 15.5 Å². The Morgan fingerprint density at radius 3 is 2.74 bits per heavy atom. The first-order valence-corrected chi connectivity index (χ1v) is 7.25. The van der Waals surface area contributed by atoms with Crippen molar-refractivity contribution < 1.29 is 14.8 Å². The van der Waals surface area contributed by atoms with Gasteiger partial charge in [0.1, 0.15) is 0 Å². The Balaban J connectivity index is 2.26. The zero-order valence-corrected chi connectivity index (χ0v) is 13.3. The van der Waals surface area contributed by atoms with E-state index in [4.69, 9.17) is 0 Å². The lowest BCUT2D eigenvalue weighted by Crippen LogP contribution is -2.40. The highest BCUT2D eigenvalue weighted by atomic mass is 16.6. The number of aromatic nitrogens is 2. The molecule has 1 atom stereocenters. The van der Waals surface area contributed by atoms with Crippen molar-refractivity contribution in [2.75, 3.05) is 6.61 Å². The molecule has 0 fully saturated rings. The minimum atomic E-state index is -0.524. The number of hydrogen-bond donors (Lipinski definition) is 3. The van der Waals surface area contributed by atoms with Crippen LogP contribution in [0.25, 0.3) is 10.9 Å². The molecule has 2 rings (SSSR count). The third kappa shape index (κ3) is 4.04. The van der Waals surface area contributed by atoms with E-state index in [0.717, 1.165) is 0 Å². The van der Waals surface area contributed by atoms with Crippen molar-refractivity contribution >= 4 is 22.5 Å². The number of carbonyl (C=O) groups is 1. The van der Waals surface area contributed by atoms with Crippen LogP contribution < -0.4 is 5.32 Å². The van der Waals surface area contributed by atoms with Gasteiger partial charge in [-0.05, 0) is 17.9 Å². The third-order valence-electron chi connectivity index (χ3n) is 3.39. The van der Waals surface area contributed by atoms with E-state index in [1.165, 1.54) is 18.2 Å². The number of fused-ring (bicyclic) bond motifs is 1. The number of carbonyl (C=O) groups excluding carboxylic acids is 1. The maximum absolute atomic E-state index is 12.4. The minimum Gasteiger partial charge on any atom is -0.394 e. The molecule has 1 unspecified atom stereocenters. The molecule has 124 valence electrons. The summed E-state index contributed by atoms with van der Waals surface area (Å²) in [5.41, 5.74) is 0.446. The van der Waals surface area contributed by atoms with E-state index in [1.807, 2.05) is 20.8 Å². The second-order valence-corrected chi connectivity index (χ2v) is 6.68. The molecule has 1 aromatic carbocycles. The smallest absolute Gasteiger partial charge is 0.272 e. The van der Waals surface area contributed by atoms with Crippen LogP contribution in [0.1, 0.15) is 37.7 Å². The highest BCUT2D eigenvalue weighted by Crippen LogP contribution is 2.23. The third-order valence-corrected chi connectivity index (χ3v) is 3.39. The fraction of sp³-hybridized carbons (Fsp3) is 0.467. The standard InChI is InChI=1S/C15H20N4O4/c1-15(2,3)7-9(8-20)16-14(21)13-11-6-10(19(22)23)4-5-12(11)17-18-13/h4-6,9,20H,7-8H2,1-3H3,(H,16,21)(H,17,18). The average Bonchev–Trinajstić information content (AvgIpc) is 2.87. The van der Waals surface area contributed by atoms with E-state index in [1.54, 1.807) is 0 Å². The van der Waals surface area contributed by atoms with E-state index in [9.17, 15) is 20.0 Å². The summed E-state index contributed by atoms with van der Waals surface area (Å²) in [6.07, 6.45) is 0.595. The first-order valence-electron chi connectivity index (χ1n) is 7.25. The van der Waals surface area contributed by atoms with Crippen molar-refractivity contribution in [3.05, 3.63) is 34.0 Å². The Morgan fingerprint density at radius 1 is 1.48 bits per heavy atom. The molecule has 2 aromatic rings. The van der Waals surface area contributed by atoms with Crippen molar-refractivity contribution in [3.63, 3.8) is 0 Å². The predicted octanol–water partition coefficient (Wildman–Crippen LogP) is 2.00. The van der Waals surface area contributed by atoms with Gasteiger partial charge in [0.15, 0.2) is 5.69 Å². The molecule has 8 heteroatoms. The fourth-order valence-corrected chi connectivity index (χ4v) is 2.44. The number of aliphatic hydroxyl groups is 1. The number of benzene rings is 1. The van der Waals surface area contributed by atoms with Crippen LogP contribution in [0.15, 0.2) is 18.2 Å². The van der Waals surface area contributed by atoms with Crippen LogP contribution >= 0.6 is 0 Å². The number of aliphatic hydroxyl groups excluding tert-OH is 1. The van der Waals surface area contributed by atoms with Gasteiger partial charge in [-0.1, -0.05) is 20.8 Å². The lowest BCUT2D eigenvalue weighted by molar-refractivity contribution is -0.384. The Hall–Kier alpha value is -2.48. The first-order chi connectivity index (χ1) is 10.7. The van der Waals surface area contributed by atoms with Gasteiger partial charge in [0, 0.05) is 17.5 Å². The molecule has 0 saturated carbocycles. The number of nitro groups is 1. The number of amides is 1. The number of nitrogens with zero attached hydrogens (tertiary/aromatic N) is 2. The maximum Gasteiger partial charge on any atom is 0.272 e. The van der Waals surface area contributed by atoms with E-state index in [0.29, 0.717) is 17.3 Å². The van der Waals surface area contributed by atoms with Gasteiger partial charge in [-0.15, -0.1) is 0 Å². The van der Waals surface area contributed by atoms with Gasteiger partial charge in [0.25, 0.3) is 11.6 Å². The number of rotatable bonds is 5. The van der Waals surface area contributed by atoms with Gasteiger partial charge >= 0.3 is 0 Å². The molecule has 0 aliphatic heterocycles. The van der Waals surface area contributed by atoms with Crippen LogP contribution in [0.3, 0.4) is 0 Å². The molecular formula is C15H20N4O4. The molecular weight excluding hydrogens is 300 g/mol. The van der Waals surface area contributed by atoms with Crippen molar-refractivity contribution in [2.24, 2.45) is 5.41 Å². The summed E-state index contributed by atoms with van der Waals surface area (Å²) in [6, 6.07) is 3.76. The summed E-state index contributed by atoms with van der Waals surface area (Å²) in [5, 5.41) is 30.0. The van der Waals surface area contributed by atoms with Crippen LogP contribution in [-0.4, -0.2) is 38.8 Å². The Labute approximate surface area is 133 Å². The van der Waals surface area contributed by atoms with E-state index in [2.05, 4.69) is 15.5 Å². The van der Waals surface area contributed by atoms with Crippen LogP contribution in [0.2, 0.25) is 0 Å². The molecule has 1 amide bonds. The van der Waals surface area contributed by atoms with E-state index >= 15 is 0 Å². The number of nitro benzene ring substituents is 1. The van der Waals surface area contributed by atoms with Crippen LogP contribution in [-0.2, 0) is 0 Å². The van der Waals surface area contributed by atoms with E-state index < -0.39 is 16.9 Å². The molecule has 0 bridgehead atoms. The summed E-state index contributed by atoms with van der Waals surface area (Å²) >= 11 is 0. The Morgan fingerprint density at radius 2 is 2.17 bits per heavy atom. The van der Waals surface area contributed by atoms with Crippen LogP contribution in [0.4, 0.5) is 5.69 Å². The Kier molecular flexibility index (Phi) is 4.65. The normalized spacial score (nSPS) is 13.0. The van der Waals surface area contributed by atoms with Gasteiger partial charge in [0.05, 0.1) is 23.1 Å². The van der Waals surface area contributed by atoms with Gasteiger partial charge < -0.3 is 10.4 Å². The molecule has 1 aromatic heterocycles. The second kappa shape index (κ2) is 6.33. The van der Waals surface area contributed by atoms with Crippen molar-refractivity contribution in [1.29, 1.82) is 0 Å². The van der Waals surface area contributed by atoms with E-state index in [-0.39, 0.29) is 23.4 Å². The highest BCUT2D eigenvalue weighted by molar-refractivity contribution is 6.05. The molecule has 23 heavy (non-hydrogen) atoms. The van der Waals surface area contributed by atoms with Crippen molar-refractivity contribution in [1.82, 2.24) is 15.5 Å². The average molecular weight is 320 g/mol. The van der Waals surface area contributed by atoms with Gasteiger partial charge in [0.2, 0.25) is 0 Å².